The Morgan fingerprint density at radius 1 is 1.10 bits per heavy atom. The fourth-order valence-corrected chi connectivity index (χ4v) is 2.09. The van der Waals surface area contributed by atoms with Crippen LogP contribution >= 0.6 is 15.9 Å². The van der Waals surface area contributed by atoms with Crippen molar-refractivity contribution in [2.24, 2.45) is 0 Å². The molecule has 0 saturated heterocycles. The Kier molecular flexibility index (Phi) is 4.32. The lowest BCUT2D eigenvalue weighted by atomic mass is 10.1. The number of halogens is 3. The second-order valence-electron chi connectivity index (χ2n) is 4.05. The van der Waals surface area contributed by atoms with Crippen molar-refractivity contribution < 1.29 is 23.5 Å². The maximum absolute atomic E-state index is 13.5. The number of carboxylic acids is 1. The summed E-state index contributed by atoms with van der Waals surface area (Å²) in [5.41, 5.74) is -0.692. The Morgan fingerprint density at radius 2 is 1.71 bits per heavy atom. The highest BCUT2D eigenvalue weighted by Crippen LogP contribution is 2.22. The van der Waals surface area contributed by atoms with Crippen LogP contribution in [0.1, 0.15) is 20.7 Å². The Hall–Kier alpha value is -2.28. The third-order valence-electron chi connectivity index (χ3n) is 2.64. The van der Waals surface area contributed by atoms with Crippen LogP contribution in [-0.4, -0.2) is 17.0 Å². The zero-order chi connectivity index (χ0) is 15.6. The summed E-state index contributed by atoms with van der Waals surface area (Å²) in [7, 11) is 0. The van der Waals surface area contributed by atoms with Gasteiger partial charge in [0.25, 0.3) is 5.91 Å². The highest BCUT2D eigenvalue weighted by molar-refractivity contribution is 9.10. The van der Waals surface area contributed by atoms with Crippen LogP contribution in [0, 0.1) is 11.6 Å². The minimum Gasteiger partial charge on any atom is -0.478 e. The lowest BCUT2D eigenvalue weighted by molar-refractivity contribution is 0.0695. The van der Waals surface area contributed by atoms with Gasteiger partial charge in [0, 0.05) is 10.2 Å². The topological polar surface area (TPSA) is 66.4 Å². The first-order valence-electron chi connectivity index (χ1n) is 5.68. The molecule has 21 heavy (non-hydrogen) atoms. The van der Waals surface area contributed by atoms with Crippen LogP contribution in [-0.2, 0) is 0 Å². The monoisotopic (exact) mass is 355 g/mol. The summed E-state index contributed by atoms with van der Waals surface area (Å²) in [5, 5.41) is 11.2. The molecule has 0 atom stereocenters. The summed E-state index contributed by atoms with van der Waals surface area (Å²) >= 11 is 3.05. The van der Waals surface area contributed by atoms with Crippen molar-refractivity contribution in [1.29, 1.82) is 0 Å². The van der Waals surface area contributed by atoms with Crippen molar-refractivity contribution in [2.45, 2.75) is 0 Å². The van der Waals surface area contributed by atoms with E-state index in [1.807, 2.05) is 0 Å². The summed E-state index contributed by atoms with van der Waals surface area (Å²) in [5.74, 6) is -4.19. The van der Waals surface area contributed by atoms with E-state index in [0.29, 0.717) is 4.47 Å². The smallest absolute Gasteiger partial charge is 0.336 e. The average Bonchev–Trinajstić information content (AvgIpc) is 2.40. The Morgan fingerprint density at radius 3 is 2.29 bits per heavy atom. The fourth-order valence-electron chi connectivity index (χ4n) is 1.68. The molecule has 2 aromatic carbocycles. The second-order valence-corrected chi connectivity index (χ2v) is 4.90. The molecule has 0 aromatic heterocycles. The van der Waals surface area contributed by atoms with Crippen molar-refractivity contribution in [3.8, 4) is 0 Å². The molecule has 2 rings (SSSR count). The van der Waals surface area contributed by atoms with Gasteiger partial charge in [-0.05, 0) is 46.3 Å². The van der Waals surface area contributed by atoms with Crippen LogP contribution in [0.15, 0.2) is 40.9 Å². The van der Waals surface area contributed by atoms with Gasteiger partial charge in [-0.2, -0.15) is 0 Å². The molecule has 1 amide bonds. The van der Waals surface area contributed by atoms with E-state index in [-0.39, 0.29) is 11.3 Å². The summed E-state index contributed by atoms with van der Waals surface area (Å²) in [6.07, 6.45) is 0. The van der Waals surface area contributed by atoms with E-state index in [0.717, 1.165) is 18.2 Å². The maximum atomic E-state index is 13.5. The largest absolute Gasteiger partial charge is 0.478 e. The zero-order valence-corrected chi connectivity index (χ0v) is 11.9. The Labute approximate surface area is 126 Å². The molecule has 0 aliphatic heterocycles. The number of carboxylic acid groups (broad SMARTS) is 1. The lowest BCUT2D eigenvalue weighted by Crippen LogP contribution is -2.16. The van der Waals surface area contributed by atoms with Crippen LogP contribution in [0.3, 0.4) is 0 Å². The quantitative estimate of drug-likeness (QED) is 0.882. The summed E-state index contributed by atoms with van der Waals surface area (Å²) < 4.78 is 27.3. The standard InChI is InChI=1S/C14H8BrF2NO3/c15-9-5-4-7(6-8(9)14(20)21)18-13(19)12-10(16)2-1-3-11(12)17/h1-6H,(H,18,19)(H,20,21). The second kappa shape index (κ2) is 6.01. The molecule has 0 aliphatic rings. The minimum absolute atomic E-state index is 0.0817. The summed E-state index contributed by atoms with van der Waals surface area (Å²) in [4.78, 5) is 22.8. The van der Waals surface area contributed by atoms with Gasteiger partial charge in [0.2, 0.25) is 0 Å². The van der Waals surface area contributed by atoms with Crippen molar-refractivity contribution in [2.75, 3.05) is 5.32 Å². The molecular weight excluding hydrogens is 348 g/mol. The number of aromatic carboxylic acids is 1. The maximum Gasteiger partial charge on any atom is 0.336 e. The van der Waals surface area contributed by atoms with Crippen LogP contribution < -0.4 is 5.32 Å². The van der Waals surface area contributed by atoms with Gasteiger partial charge in [0.1, 0.15) is 17.2 Å². The van der Waals surface area contributed by atoms with Gasteiger partial charge in [0.15, 0.2) is 0 Å². The molecule has 0 bridgehead atoms. The Balaban J connectivity index is 2.32. The van der Waals surface area contributed by atoms with Gasteiger partial charge in [-0.25, -0.2) is 13.6 Å². The van der Waals surface area contributed by atoms with Crippen molar-refractivity contribution in [3.05, 3.63) is 63.6 Å². The van der Waals surface area contributed by atoms with Crippen molar-refractivity contribution >= 4 is 33.5 Å². The molecule has 0 unspecified atom stereocenters. The SMILES string of the molecule is O=C(O)c1cc(NC(=O)c2c(F)cccc2F)ccc1Br. The number of hydrogen-bond acceptors (Lipinski definition) is 2. The molecule has 0 spiro atoms. The number of nitrogens with one attached hydrogen (secondary N) is 1. The van der Waals surface area contributed by atoms with Gasteiger partial charge in [-0.1, -0.05) is 6.07 Å². The number of amides is 1. The normalized spacial score (nSPS) is 10.2. The third-order valence-corrected chi connectivity index (χ3v) is 3.34. The number of anilines is 1. The fraction of sp³-hybridized carbons (Fsp3) is 0. The third kappa shape index (κ3) is 3.25. The number of carbonyl (C=O) groups is 2. The minimum atomic E-state index is -1.20. The van der Waals surface area contributed by atoms with Crippen LogP contribution in [0.5, 0.6) is 0 Å². The molecule has 0 fully saturated rings. The lowest BCUT2D eigenvalue weighted by Gasteiger charge is -2.08. The van der Waals surface area contributed by atoms with E-state index in [2.05, 4.69) is 21.2 Å². The highest BCUT2D eigenvalue weighted by atomic mass is 79.9. The molecule has 4 nitrogen and oxygen atoms in total. The predicted molar refractivity (Wildman–Crippen MR) is 75.4 cm³/mol. The number of rotatable bonds is 3. The average molecular weight is 356 g/mol. The van der Waals surface area contributed by atoms with Gasteiger partial charge < -0.3 is 10.4 Å². The van der Waals surface area contributed by atoms with Crippen LogP contribution in [0.25, 0.3) is 0 Å². The van der Waals surface area contributed by atoms with E-state index in [1.54, 1.807) is 0 Å². The van der Waals surface area contributed by atoms with Gasteiger partial charge in [-0.15, -0.1) is 0 Å². The van der Waals surface area contributed by atoms with E-state index in [4.69, 9.17) is 5.11 Å². The summed E-state index contributed by atoms with van der Waals surface area (Å²) in [6.45, 7) is 0. The number of benzene rings is 2. The molecule has 0 radical (unpaired) electrons. The molecule has 2 N–H and O–H groups in total. The Bertz CT molecular complexity index is 714. The van der Waals surface area contributed by atoms with Crippen molar-refractivity contribution in [3.63, 3.8) is 0 Å². The molecule has 7 heteroatoms. The first kappa shape index (κ1) is 15.1. The van der Waals surface area contributed by atoms with Crippen LogP contribution in [0.4, 0.5) is 14.5 Å². The van der Waals surface area contributed by atoms with E-state index in [9.17, 15) is 18.4 Å². The van der Waals surface area contributed by atoms with Gasteiger partial charge in [0.05, 0.1) is 5.56 Å². The van der Waals surface area contributed by atoms with Gasteiger partial charge in [-0.3, -0.25) is 4.79 Å². The molecule has 2 aromatic rings. The van der Waals surface area contributed by atoms with Crippen LogP contribution in [0.2, 0.25) is 0 Å². The zero-order valence-electron chi connectivity index (χ0n) is 10.4. The molecular formula is C14H8BrF2NO3. The molecule has 0 aliphatic carbocycles. The predicted octanol–water partition coefficient (Wildman–Crippen LogP) is 3.68. The molecule has 0 saturated carbocycles. The molecule has 108 valence electrons. The first-order valence-corrected chi connectivity index (χ1v) is 6.47. The number of hydrogen-bond donors (Lipinski definition) is 2. The first-order chi connectivity index (χ1) is 9.90. The summed E-state index contributed by atoms with van der Waals surface area (Å²) in [6, 6.07) is 7.07. The van der Waals surface area contributed by atoms with E-state index < -0.39 is 29.1 Å². The van der Waals surface area contributed by atoms with Gasteiger partial charge >= 0.3 is 5.97 Å². The van der Waals surface area contributed by atoms with Crippen molar-refractivity contribution in [1.82, 2.24) is 0 Å². The van der Waals surface area contributed by atoms with E-state index >= 15 is 0 Å². The number of carbonyl (C=O) groups excluding carboxylic acids is 1. The molecule has 0 heterocycles. The highest BCUT2D eigenvalue weighted by Gasteiger charge is 2.18. The van der Waals surface area contributed by atoms with E-state index in [1.165, 1.54) is 18.2 Å².